The van der Waals surface area contributed by atoms with Gasteiger partial charge in [0.15, 0.2) is 0 Å². The van der Waals surface area contributed by atoms with Gasteiger partial charge in [-0.1, -0.05) is 23.7 Å². The van der Waals surface area contributed by atoms with Crippen molar-refractivity contribution in [2.75, 3.05) is 25.5 Å². The number of carbonyl (C=O) groups excluding carboxylic acids is 1. The van der Waals surface area contributed by atoms with Crippen LogP contribution in [0.1, 0.15) is 6.92 Å². The van der Waals surface area contributed by atoms with E-state index < -0.39 is 0 Å². The van der Waals surface area contributed by atoms with Crippen LogP contribution in [0.2, 0.25) is 5.02 Å². The highest BCUT2D eigenvalue weighted by Gasteiger charge is 2.10. The number of amides is 1. The maximum atomic E-state index is 11.8. The second kappa shape index (κ2) is 7.00. The molecule has 18 heavy (non-hydrogen) atoms. The highest BCUT2D eigenvalue weighted by Crippen LogP contribution is 2.20. The van der Waals surface area contributed by atoms with E-state index >= 15 is 0 Å². The zero-order valence-corrected chi connectivity index (χ0v) is 11.2. The van der Waals surface area contributed by atoms with Crippen LogP contribution in [0.25, 0.3) is 0 Å². The first-order valence-corrected chi connectivity index (χ1v) is 6.03. The minimum Gasteiger partial charge on any atom is -0.324 e. The van der Waals surface area contributed by atoms with E-state index in [1.165, 1.54) is 0 Å². The molecule has 0 saturated carbocycles. The van der Waals surface area contributed by atoms with Crippen molar-refractivity contribution in [1.82, 2.24) is 4.90 Å². The number of nitrogens with one attached hydrogen (secondary N) is 1. The number of halogens is 1. The number of benzene rings is 1. The minimum atomic E-state index is -0.143. The normalized spacial score (nSPS) is 11.9. The molecular weight excluding hydrogens is 250 g/mol. The fourth-order valence-corrected chi connectivity index (χ4v) is 1.75. The van der Waals surface area contributed by atoms with Crippen LogP contribution in [0.4, 0.5) is 5.69 Å². The largest absolute Gasteiger partial charge is 0.324 e. The number of hydrogen-bond donors (Lipinski definition) is 1. The van der Waals surface area contributed by atoms with Crippen molar-refractivity contribution in [3.8, 4) is 6.07 Å². The Morgan fingerprint density at radius 2 is 2.22 bits per heavy atom. The van der Waals surface area contributed by atoms with E-state index in [2.05, 4.69) is 11.4 Å². The summed E-state index contributed by atoms with van der Waals surface area (Å²) in [5.74, 6) is -0.237. The maximum Gasteiger partial charge on any atom is 0.238 e. The van der Waals surface area contributed by atoms with E-state index in [1.807, 2.05) is 13.0 Å². The highest BCUT2D eigenvalue weighted by atomic mass is 35.5. The zero-order valence-electron chi connectivity index (χ0n) is 10.5. The molecule has 0 heterocycles. The third-order valence-corrected chi connectivity index (χ3v) is 2.70. The summed E-state index contributed by atoms with van der Waals surface area (Å²) < 4.78 is 0. The number of hydrogen-bond acceptors (Lipinski definition) is 3. The Morgan fingerprint density at radius 3 is 2.83 bits per heavy atom. The summed E-state index contributed by atoms with van der Waals surface area (Å²) in [6.07, 6.45) is 0. The average molecular weight is 266 g/mol. The third kappa shape index (κ3) is 4.74. The minimum absolute atomic E-state index is 0.0943. The number of para-hydroxylation sites is 1. The summed E-state index contributed by atoms with van der Waals surface area (Å²) in [6.45, 7) is 2.62. The van der Waals surface area contributed by atoms with Crippen LogP contribution in [0.15, 0.2) is 24.3 Å². The smallest absolute Gasteiger partial charge is 0.238 e. The van der Waals surface area contributed by atoms with Gasteiger partial charge in [0.2, 0.25) is 5.91 Å². The van der Waals surface area contributed by atoms with Crippen molar-refractivity contribution < 1.29 is 4.79 Å². The Labute approximate surface area is 112 Å². The van der Waals surface area contributed by atoms with E-state index in [-0.39, 0.29) is 18.4 Å². The van der Waals surface area contributed by atoms with Gasteiger partial charge in [-0.25, -0.2) is 0 Å². The van der Waals surface area contributed by atoms with Crippen molar-refractivity contribution >= 4 is 23.2 Å². The van der Waals surface area contributed by atoms with E-state index in [9.17, 15) is 4.79 Å². The van der Waals surface area contributed by atoms with Crippen LogP contribution < -0.4 is 5.32 Å². The van der Waals surface area contributed by atoms with Crippen LogP contribution in [0.3, 0.4) is 0 Å². The van der Waals surface area contributed by atoms with Crippen molar-refractivity contribution in [2.24, 2.45) is 5.92 Å². The summed E-state index contributed by atoms with van der Waals surface area (Å²) in [4.78, 5) is 13.6. The quantitative estimate of drug-likeness (QED) is 0.889. The van der Waals surface area contributed by atoms with Gasteiger partial charge in [-0.15, -0.1) is 0 Å². The molecule has 0 aliphatic heterocycles. The second-order valence-electron chi connectivity index (χ2n) is 4.25. The van der Waals surface area contributed by atoms with Crippen LogP contribution in [-0.4, -0.2) is 30.9 Å². The molecule has 0 aliphatic carbocycles. The first-order chi connectivity index (χ1) is 8.52. The molecule has 1 amide bonds. The van der Waals surface area contributed by atoms with Gasteiger partial charge >= 0.3 is 0 Å². The molecule has 0 bridgehead atoms. The average Bonchev–Trinajstić information content (AvgIpc) is 2.31. The van der Waals surface area contributed by atoms with E-state index in [4.69, 9.17) is 16.9 Å². The lowest BCUT2D eigenvalue weighted by molar-refractivity contribution is -0.117. The summed E-state index contributed by atoms with van der Waals surface area (Å²) in [5, 5.41) is 11.9. The zero-order chi connectivity index (χ0) is 13.5. The highest BCUT2D eigenvalue weighted by molar-refractivity contribution is 6.33. The van der Waals surface area contributed by atoms with Crippen molar-refractivity contribution in [3.63, 3.8) is 0 Å². The van der Waals surface area contributed by atoms with E-state index in [0.29, 0.717) is 17.3 Å². The number of carbonyl (C=O) groups is 1. The number of nitrogens with zero attached hydrogens (tertiary/aromatic N) is 2. The fraction of sp³-hybridized carbons (Fsp3) is 0.385. The van der Waals surface area contributed by atoms with Gasteiger partial charge in [0.1, 0.15) is 0 Å². The van der Waals surface area contributed by atoms with Crippen LogP contribution in [0, 0.1) is 17.2 Å². The van der Waals surface area contributed by atoms with Gasteiger partial charge in [0, 0.05) is 6.54 Å². The van der Waals surface area contributed by atoms with E-state index in [0.717, 1.165) is 0 Å². The molecule has 1 rings (SSSR count). The molecular formula is C13H16ClN3O. The summed E-state index contributed by atoms with van der Waals surface area (Å²) in [5.41, 5.74) is 0.603. The SMILES string of the molecule is CC(C#N)CN(C)CC(=O)Nc1ccccc1Cl. The molecule has 0 saturated heterocycles. The Balaban J connectivity index is 2.48. The van der Waals surface area contributed by atoms with E-state index in [1.54, 1.807) is 30.1 Å². The molecule has 0 aliphatic rings. The molecule has 1 atom stereocenters. The molecule has 4 nitrogen and oxygen atoms in total. The predicted molar refractivity (Wildman–Crippen MR) is 72.4 cm³/mol. The topological polar surface area (TPSA) is 56.1 Å². The summed E-state index contributed by atoms with van der Waals surface area (Å²) in [7, 11) is 1.81. The van der Waals surface area contributed by atoms with Crippen LogP contribution >= 0.6 is 11.6 Å². The first kappa shape index (κ1) is 14.5. The molecule has 1 unspecified atom stereocenters. The lowest BCUT2D eigenvalue weighted by atomic mass is 10.2. The van der Waals surface area contributed by atoms with Gasteiger partial charge in [-0.05, 0) is 26.1 Å². The monoisotopic (exact) mass is 265 g/mol. The number of anilines is 1. The lowest BCUT2D eigenvalue weighted by Gasteiger charge is -2.17. The number of nitriles is 1. The molecule has 0 spiro atoms. The molecule has 1 N–H and O–H groups in total. The molecule has 1 aromatic rings. The summed E-state index contributed by atoms with van der Waals surface area (Å²) >= 11 is 5.94. The third-order valence-electron chi connectivity index (χ3n) is 2.37. The Kier molecular flexibility index (Phi) is 5.63. The molecule has 0 fully saturated rings. The van der Waals surface area contributed by atoms with Gasteiger partial charge in [0.05, 0.1) is 29.2 Å². The molecule has 1 aromatic carbocycles. The van der Waals surface area contributed by atoms with Gasteiger partial charge in [-0.3, -0.25) is 9.69 Å². The van der Waals surface area contributed by atoms with Crippen molar-refractivity contribution in [3.05, 3.63) is 29.3 Å². The number of likely N-dealkylation sites (N-methyl/N-ethyl adjacent to an activating group) is 1. The van der Waals surface area contributed by atoms with Gasteiger partial charge in [0.25, 0.3) is 0 Å². The predicted octanol–water partition coefficient (Wildman–Crippen LogP) is 2.37. The Morgan fingerprint density at radius 1 is 1.56 bits per heavy atom. The summed E-state index contributed by atoms with van der Waals surface area (Å²) in [6, 6.07) is 9.22. The molecule has 5 heteroatoms. The first-order valence-electron chi connectivity index (χ1n) is 5.65. The van der Waals surface area contributed by atoms with Crippen molar-refractivity contribution in [1.29, 1.82) is 5.26 Å². The van der Waals surface area contributed by atoms with Crippen LogP contribution in [-0.2, 0) is 4.79 Å². The molecule has 0 aromatic heterocycles. The van der Waals surface area contributed by atoms with Gasteiger partial charge < -0.3 is 5.32 Å². The fourth-order valence-electron chi connectivity index (χ4n) is 1.57. The standard InChI is InChI=1S/C13H16ClN3O/c1-10(7-15)8-17(2)9-13(18)16-12-6-4-3-5-11(12)14/h3-6,10H,8-9H2,1-2H3,(H,16,18). The maximum absolute atomic E-state index is 11.8. The van der Waals surface area contributed by atoms with Crippen LogP contribution in [0.5, 0.6) is 0 Å². The second-order valence-corrected chi connectivity index (χ2v) is 4.66. The van der Waals surface area contributed by atoms with Gasteiger partial charge in [-0.2, -0.15) is 5.26 Å². The Bertz CT molecular complexity index is 456. The number of rotatable bonds is 5. The molecule has 96 valence electrons. The van der Waals surface area contributed by atoms with Crippen molar-refractivity contribution in [2.45, 2.75) is 6.92 Å². The lowest BCUT2D eigenvalue weighted by Crippen LogP contribution is -2.32. The Hall–Kier alpha value is -1.57. The molecule has 0 radical (unpaired) electrons.